The second-order valence-corrected chi connectivity index (χ2v) is 8.26. The quantitative estimate of drug-likeness (QED) is 0.805. The van der Waals surface area contributed by atoms with Gasteiger partial charge in [0.05, 0.1) is 25.3 Å². The first kappa shape index (κ1) is 19.3. The van der Waals surface area contributed by atoms with Crippen LogP contribution in [0.15, 0.2) is 30.3 Å². The van der Waals surface area contributed by atoms with E-state index in [1.165, 1.54) is 0 Å². The number of hydrogen-bond acceptors (Lipinski definition) is 6. The van der Waals surface area contributed by atoms with Crippen LogP contribution in [0.3, 0.4) is 0 Å². The fourth-order valence-corrected chi connectivity index (χ4v) is 4.76. The molecule has 3 N–H and O–H groups in total. The molecule has 3 aliphatic rings. The summed E-state index contributed by atoms with van der Waals surface area (Å²) in [7, 11) is 0. The van der Waals surface area contributed by atoms with Crippen molar-refractivity contribution in [2.45, 2.75) is 43.7 Å². The van der Waals surface area contributed by atoms with E-state index in [-0.39, 0.29) is 0 Å². The van der Waals surface area contributed by atoms with E-state index in [1.54, 1.807) is 0 Å². The Labute approximate surface area is 175 Å². The number of carbonyl (C=O) groups excluding carboxylic acids is 1. The molecule has 2 bridgehead atoms. The first-order valence-corrected chi connectivity index (χ1v) is 10.7. The molecule has 3 aliphatic heterocycles. The number of nitrogens with two attached hydrogens (primary N) is 1. The van der Waals surface area contributed by atoms with Crippen molar-refractivity contribution in [3.63, 3.8) is 0 Å². The van der Waals surface area contributed by atoms with E-state index >= 15 is 0 Å². The van der Waals surface area contributed by atoms with Gasteiger partial charge in [-0.05, 0) is 49.9 Å². The van der Waals surface area contributed by atoms with Crippen LogP contribution in [0.4, 0.5) is 16.3 Å². The molecule has 5 rings (SSSR count). The minimum absolute atomic E-state index is 0.383. The van der Waals surface area contributed by atoms with Crippen molar-refractivity contribution in [2.75, 3.05) is 36.6 Å². The number of anilines is 2. The number of primary amides is 1. The van der Waals surface area contributed by atoms with Gasteiger partial charge in [0.15, 0.2) is 5.82 Å². The van der Waals surface area contributed by atoms with Gasteiger partial charge in [-0.15, -0.1) is 0 Å². The smallest absolute Gasteiger partial charge is 0.316 e. The number of fused-ring (bicyclic) bond motifs is 2. The van der Waals surface area contributed by atoms with Crippen LogP contribution in [0.25, 0.3) is 11.4 Å². The maximum absolute atomic E-state index is 11.1. The lowest BCUT2D eigenvalue weighted by atomic mass is 9.96. The summed E-state index contributed by atoms with van der Waals surface area (Å²) in [5.74, 6) is 2.09. The van der Waals surface area contributed by atoms with E-state index < -0.39 is 6.03 Å². The zero-order valence-electron chi connectivity index (χ0n) is 16.9. The highest BCUT2D eigenvalue weighted by molar-refractivity contribution is 5.88. The Morgan fingerprint density at radius 2 is 1.70 bits per heavy atom. The Bertz CT molecular complexity index is 897. The number of ether oxygens (including phenoxy) is 2. The molecule has 3 saturated heterocycles. The highest BCUT2D eigenvalue weighted by Crippen LogP contribution is 2.36. The molecule has 0 spiro atoms. The van der Waals surface area contributed by atoms with Crippen LogP contribution in [0.1, 0.15) is 37.3 Å². The number of amides is 2. The van der Waals surface area contributed by atoms with Crippen molar-refractivity contribution >= 4 is 17.5 Å². The molecule has 4 heterocycles. The first-order chi connectivity index (χ1) is 14.7. The van der Waals surface area contributed by atoms with Gasteiger partial charge < -0.3 is 25.4 Å². The summed E-state index contributed by atoms with van der Waals surface area (Å²) in [6.45, 7) is 3.07. The molecule has 1 aromatic carbocycles. The molecule has 0 saturated carbocycles. The standard InChI is InChI=1S/C22H27N5O3/c23-22(28)24-16-3-1-15(2-4-16)21-25-19(14-7-9-29-10-8-14)11-20(26-21)27-17-5-6-18(27)13-30-12-17/h1-4,11,14,17-18H,5-10,12-13H2,(H3,23,24,28). The average Bonchev–Trinajstić information content (AvgIpc) is 3.02. The molecule has 158 valence electrons. The second kappa shape index (κ2) is 8.20. The van der Waals surface area contributed by atoms with Crippen molar-refractivity contribution in [1.29, 1.82) is 0 Å². The van der Waals surface area contributed by atoms with Gasteiger partial charge in [-0.25, -0.2) is 14.8 Å². The Morgan fingerprint density at radius 3 is 2.37 bits per heavy atom. The molecule has 2 amide bonds. The molecule has 1 aromatic heterocycles. The third-order valence-electron chi connectivity index (χ3n) is 6.29. The summed E-state index contributed by atoms with van der Waals surface area (Å²) in [5.41, 5.74) is 7.86. The summed E-state index contributed by atoms with van der Waals surface area (Å²) >= 11 is 0. The number of urea groups is 1. The molecule has 2 atom stereocenters. The highest BCUT2D eigenvalue weighted by atomic mass is 16.5. The maximum atomic E-state index is 11.1. The van der Waals surface area contributed by atoms with Crippen LogP contribution in [0.2, 0.25) is 0 Å². The van der Waals surface area contributed by atoms with Crippen LogP contribution in [-0.2, 0) is 9.47 Å². The Hall–Kier alpha value is -2.71. The largest absolute Gasteiger partial charge is 0.381 e. The fraction of sp³-hybridized carbons (Fsp3) is 0.500. The molecule has 8 heteroatoms. The number of benzene rings is 1. The molecular weight excluding hydrogens is 382 g/mol. The van der Waals surface area contributed by atoms with E-state index in [1.807, 2.05) is 24.3 Å². The highest BCUT2D eigenvalue weighted by Gasteiger charge is 2.38. The third kappa shape index (κ3) is 3.85. The van der Waals surface area contributed by atoms with Crippen LogP contribution in [-0.4, -0.2) is 54.5 Å². The normalized spacial score (nSPS) is 24.1. The van der Waals surface area contributed by atoms with Crippen LogP contribution in [0.5, 0.6) is 0 Å². The van der Waals surface area contributed by atoms with E-state index in [4.69, 9.17) is 25.2 Å². The number of carbonyl (C=O) groups is 1. The van der Waals surface area contributed by atoms with E-state index in [0.717, 1.165) is 69.2 Å². The van der Waals surface area contributed by atoms with Gasteiger partial charge in [0.25, 0.3) is 0 Å². The summed E-state index contributed by atoms with van der Waals surface area (Å²) in [6, 6.07) is 9.86. The molecule has 2 unspecified atom stereocenters. The Kier molecular flexibility index (Phi) is 5.26. The summed E-state index contributed by atoms with van der Waals surface area (Å²) < 4.78 is 11.3. The lowest BCUT2D eigenvalue weighted by Crippen LogP contribution is -2.46. The van der Waals surface area contributed by atoms with E-state index in [2.05, 4.69) is 16.3 Å². The predicted octanol–water partition coefficient (Wildman–Crippen LogP) is 2.90. The van der Waals surface area contributed by atoms with E-state index in [0.29, 0.717) is 29.5 Å². The zero-order chi connectivity index (χ0) is 20.5. The van der Waals surface area contributed by atoms with Crippen LogP contribution in [0, 0.1) is 0 Å². The number of nitrogens with one attached hydrogen (secondary N) is 1. The van der Waals surface area contributed by atoms with Crippen LogP contribution >= 0.6 is 0 Å². The summed E-state index contributed by atoms with van der Waals surface area (Å²) in [5, 5.41) is 2.59. The van der Waals surface area contributed by atoms with Crippen molar-refractivity contribution < 1.29 is 14.3 Å². The molecule has 30 heavy (non-hydrogen) atoms. The minimum atomic E-state index is -0.578. The summed E-state index contributed by atoms with van der Waals surface area (Å²) in [4.78, 5) is 23.5. The number of hydrogen-bond donors (Lipinski definition) is 2. The van der Waals surface area contributed by atoms with Gasteiger partial charge in [0, 0.05) is 42.1 Å². The monoisotopic (exact) mass is 409 g/mol. The molecule has 2 aromatic rings. The SMILES string of the molecule is NC(=O)Nc1ccc(-c2nc(C3CCOCC3)cc(N3C4CCC3COC4)n2)cc1. The first-order valence-electron chi connectivity index (χ1n) is 10.7. The minimum Gasteiger partial charge on any atom is -0.381 e. The number of rotatable bonds is 4. The van der Waals surface area contributed by atoms with Gasteiger partial charge in [-0.3, -0.25) is 0 Å². The van der Waals surface area contributed by atoms with E-state index in [9.17, 15) is 4.79 Å². The lowest BCUT2D eigenvalue weighted by Gasteiger charge is -2.36. The average molecular weight is 409 g/mol. The summed E-state index contributed by atoms with van der Waals surface area (Å²) in [6.07, 6.45) is 4.24. The Balaban J connectivity index is 1.52. The van der Waals surface area contributed by atoms with Crippen molar-refractivity contribution in [3.8, 4) is 11.4 Å². The third-order valence-corrected chi connectivity index (χ3v) is 6.29. The Morgan fingerprint density at radius 1 is 1.00 bits per heavy atom. The van der Waals surface area contributed by atoms with Crippen molar-refractivity contribution in [3.05, 3.63) is 36.0 Å². The molecule has 0 aliphatic carbocycles. The van der Waals surface area contributed by atoms with Gasteiger partial charge in [0.1, 0.15) is 5.82 Å². The number of aromatic nitrogens is 2. The van der Waals surface area contributed by atoms with Crippen LogP contribution < -0.4 is 16.0 Å². The molecule has 8 nitrogen and oxygen atoms in total. The maximum Gasteiger partial charge on any atom is 0.316 e. The fourth-order valence-electron chi connectivity index (χ4n) is 4.76. The van der Waals surface area contributed by atoms with Gasteiger partial charge >= 0.3 is 6.03 Å². The molecule has 0 radical (unpaired) electrons. The number of nitrogens with zero attached hydrogens (tertiary/aromatic N) is 3. The van der Waals surface area contributed by atoms with Gasteiger partial charge in [-0.2, -0.15) is 0 Å². The zero-order valence-corrected chi connectivity index (χ0v) is 16.9. The number of morpholine rings is 1. The predicted molar refractivity (Wildman–Crippen MR) is 114 cm³/mol. The molecular formula is C22H27N5O3. The van der Waals surface area contributed by atoms with Gasteiger partial charge in [0.2, 0.25) is 0 Å². The van der Waals surface area contributed by atoms with Crippen molar-refractivity contribution in [1.82, 2.24) is 9.97 Å². The van der Waals surface area contributed by atoms with Gasteiger partial charge in [-0.1, -0.05) is 0 Å². The second-order valence-electron chi connectivity index (χ2n) is 8.26. The molecule has 3 fully saturated rings. The van der Waals surface area contributed by atoms with Crippen molar-refractivity contribution in [2.24, 2.45) is 5.73 Å². The lowest BCUT2D eigenvalue weighted by molar-refractivity contribution is 0.0843. The topological polar surface area (TPSA) is 103 Å².